The summed E-state index contributed by atoms with van der Waals surface area (Å²) in [7, 11) is 0. The number of thioether (sulfide) groups is 1. The summed E-state index contributed by atoms with van der Waals surface area (Å²) in [4.78, 5) is 1.20. The monoisotopic (exact) mass is 245 g/mol. The van der Waals surface area contributed by atoms with Gasteiger partial charge in [0, 0.05) is 4.90 Å². The summed E-state index contributed by atoms with van der Waals surface area (Å²) in [5, 5.41) is 8.55. The summed E-state index contributed by atoms with van der Waals surface area (Å²) in [5.41, 5.74) is 2.32. The van der Waals surface area contributed by atoms with E-state index in [4.69, 9.17) is 5.41 Å². The van der Waals surface area contributed by atoms with Crippen molar-refractivity contribution in [3.05, 3.63) is 53.6 Å². The minimum atomic E-state index is 0.633. The minimum Gasteiger partial charge on any atom is -0.293 e. The van der Waals surface area contributed by atoms with Gasteiger partial charge in [-0.2, -0.15) is 0 Å². The van der Waals surface area contributed by atoms with Gasteiger partial charge >= 0.3 is 0 Å². The molecule has 1 N–H and O–H groups in total. The molecule has 90 valence electrons. The fourth-order valence-electron chi connectivity index (χ4n) is 1.45. The first-order chi connectivity index (χ1) is 8.27. The third kappa shape index (κ3) is 3.90. The smallest absolute Gasteiger partial charge is 0.0946 e. The van der Waals surface area contributed by atoms with E-state index in [0.717, 1.165) is 12.0 Å². The number of hydrogen-bond acceptors (Lipinski definition) is 2. The van der Waals surface area contributed by atoms with Gasteiger partial charge in [0.1, 0.15) is 0 Å². The van der Waals surface area contributed by atoms with E-state index >= 15 is 0 Å². The van der Waals surface area contributed by atoms with Crippen LogP contribution in [0.15, 0.2) is 53.0 Å². The second-order valence-electron chi connectivity index (χ2n) is 3.52. The Balaban J connectivity index is 0.000000686. The Kier molecular flexibility index (Phi) is 5.78. The molecule has 2 heteroatoms. The van der Waals surface area contributed by atoms with E-state index in [2.05, 4.69) is 24.3 Å². The van der Waals surface area contributed by atoms with Crippen molar-refractivity contribution in [2.45, 2.75) is 32.1 Å². The lowest BCUT2D eigenvalue weighted by Gasteiger charge is -2.07. The average Bonchev–Trinajstić information content (AvgIpc) is 2.44. The van der Waals surface area contributed by atoms with Crippen LogP contribution in [0.5, 0.6) is 0 Å². The standard InChI is InChI=1S/C13H13NS.C2H6/c1-10-6-2-3-7-11-8-4-5-9-12(11)15-13(10)14;1-2/h2-6,8-9,14H,7H2,1H3;1-2H3/b3-2-,10-6-,14-13?;. The predicted octanol–water partition coefficient (Wildman–Crippen LogP) is 4.84. The van der Waals surface area contributed by atoms with Crippen LogP contribution in [0.4, 0.5) is 0 Å². The van der Waals surface area contributed by atoms with Crippen LogP contribution in [-0.2, 0) is 6.42 Å². The lowest BCUT2D eigenvalue weighted by Crippen LogP contribution is -1.92. The summed E-state index contributed by atoms with van der Waals surface area (Å²) in [6, 6.07) is 8.29. The van der Waals surface area contributed by atoms with E-state index in [1.807, 2.05) is 39.0 Å². The Hall–Kier alpha value is -1.28. The average molecular weight is 245 g/mol. The van der Waals surface area contributed by atoms with Crippen molar-refractivity contribution in [1.82, 2.24) is 0 Å². The lowest BCUT2D eigenvalue weighted by atomic mass is 10.1. The second-order valence-corrected chi connectivity index (χ2v) is 4.57. The molecule has 0 bridgehead atoms. The maximum atomic E-state index is 7.92. The summed E-state index contributed by atoms with van der Waals surface area (Å²) < 4.78 is 0. The first-order valence-electron chi connectivity index (χ1n) is 5.95. The van der Waals surface area contributed by atoms with E-state index in [0.29, 0.717) is 5.04 Å². The van der Waals surface area contributed by atoms with Crippen molar-refractivity contribution in [2.75, 3.05) is 0 Å². The fraction of sp³-hybridized carbons (Fsp3) is 0.267. The molecule has 1 aromatic rings. The highest BCUT2D eigenvalue weighted by molar-refractivity contribution is 8.14. The van der Waals surface area contributed by atoms with Crippen molar-refractivity contribution in [3.63, 3.8) is 0 Å². The van der Waals surface area contributed by atoms with Gasteiger partial charge < -0.3 is 0 Å². The van der Waals surface area contributed by atoms with Crippen molar-refractivity contribution in [3.8, 4) is 0 Å². The SMILES string of the molecule is C/C1=C/C=C\Cc2ccccc2SC1=N.CC. The predicted molar refractivity (Wildman–Crippen MR) is 78.0 cm³/mol. The molecule has 0 unspecified atom stereocenters. The molecule has 0 saturated heterocycles. The molecular formula is C15H19NS. The van der Waals surface area contributed by atoms with Gasteiger partial charge in [-0.25, -0.2) is 0 Å². The molecule has 0 aliphatic carbocycles. The Labute approximate surface area is 108 Å². The van der Waals surface area contributed by atoms with Crippen LogP contribution in [0.25, 0.3) is 0 Å². The van der Waals surface area contributed by atoms with E-state index in [1.165, 1.54) is 10.5 Å². The molecule has 0 radical (unpaired) electrons. The molecule has 1 heterocycles. The van der Waals surface area contributed by atoms with E-state index < -0.39 is 0 Å². The van der Waals surface area contributed by atoms with Gasteiger partial charge in [0.05, 0.1) is 5.04 Å². The zero-order valence-electron chi connectivity index (χ0n) is 10.7. The molecule has 1 nitrogen and oxygen atoms in total. The van der Waals surface area contributed by atoms with E-state index in [-0.39, 0.29) is 0 Å². The Bertz CT molecular complexity index is 444. The third-order valence-corrected chi connectivity index (χ3v) is 3.51. The molecule has 2 rings (SSSR count). The van der Waals surface area contributed by atoms with Crippen LogP contribution in [0.1, 0.15) is 26.3 Å². The summed E-state index contributed by atoms with van der Waals surface area (Å²) in [6.07, 6.45) is 7.12. The molecule has 0 spiro atoms. The molecular weight excluding hydrogens is 226 g/mol. The Morgan fingerprint density at radius 1 is 1.18 bits per heavy atom. The van der Waals surface area contributed by atoms with Crippen molar-refractivity contribution < 1.29 is 0 Å². The zero-order chi connectivity index (χ0) is 12.7. The van der Waals surface area contributed by atoms with Crippen LogP contribution < -0.4 is 0 Å². The van der Waals surface area contributed by atoms with Gasteiger partial charge in [0.25, 0.3) is 0 Å². The van der Waals surface area contributed by atoms with Gasteiger partial charge in [-0.15, -0.1) is 0 Å². The fourth-order valence-corrected chi connectivity index (χ4v) is 2.32. The van der Waals surface area contributed by atoms with Crippen molar-refractivity contribution in [2.24, 2.45) is 0 Å². The molecule has 1 aromatic carbocycles. The third-order valence-electron chi connectivity index (χ3n) is 2.36. The van der Waals surface area contributed by atoms with Crippen LogP contribution >= 0.6 is 11.8 Å². The van der Waals surface area contributed by atoms with Gasteiger partial charge in [0.15, 0.2) is 0 Å². The number of allylic oxidation sites excluding steroid dienone is 3. The highest BCUT2D eigenvalue weighted by atomic mass is 32.2. The summed E-state index contributed by atoms with van der Waals surface area (Å²) in [6.45, 7) is 5.98. The molecule has 0 fully saturated rings. The number of rotatable bonds is 0. The first kappa shape index (κ1) is 13.8. The number of nitrogens with one attached hydrogen (secondary N) is 1. The van der Waals surface area contributed by atoms with Gasteiger partial charge in [0.2, 0.25) is 0 Å². The molecule has 1 aliphatic rings. The highest BCUT2D eigenvalue weighted by Gasteiger charge is 2.07. The molecule has 0 aromatic heterocycles. The van der Waals surface area contributed by atoms with Crippen LogP contribution in [0, 0.1) is 5.41 Å². The molecule has 0 saturated carbocycles. The first-order valence-corrected chi connectivity index (χ1v) is 6.77. The second kappa shape index (κ2) is 7.13. The van der Waals surface area contributed by atoms with Gasteiger partial charge in [-0.3, -0.25) is 5.41 Å². The van der Waals surface area contributed by atoms with E-state index in [1.54, 1.807) is 11.8 Å². The zero-order valence-corrected chi connectivity index (χ0v) is 11.5. The summed E-state index contributed by atoms with van der Waals surface area (Å²) in [5.74, 6) is 0. The molecule has 0 atom stereocenters. The summed E-state index contributed by atoms with van der Waals surface area (Å²) >= 11 is 1.54. The maximum absolute atomic E-state index is 7.92. The van der Waals surface area contributed by atoms with Crippen molar-refractivity contribution >= 4 is 16.8 Å². The quantitative estimate of drug-likeness (QED) is 0.694. The van der Waals surface area contributed by atoms with Crippen LogP contribution in [0.3, 0.4) is 0 Å². The number of fused-ring (bicyclic) bond motifs is 1. The molecule has 1 aliphatic heterocycles. The van der Waals surface area contributed by atoms with E-state index in [9.17, 15) is 0 Å². The van der Waals surface area contributed by atoms with Gasteiger partial charge in [-0.1, -0.05) is 62.0 Å². The van der Waals surface area contributed by atoms with Crippen molar-refractivity contribution in [1.29, 1.82) is 5.41 Å². The van der Waals surface area contributed by atoms with Gasteiger partial charge in [-0.05, 0) is 30.5 Å². The normalized spacial score (nSPS) is 19.5. The van der Waals surface area contributed by atoms with Crippen LogP contribution in [0.2, 0.25) is 0 Å². The number of hydrogen-bond donors (Lipinski definition) is 1. The molecule has 17 heavy (non-hydrogen) atoms. The Morgan fingerprint density at radius 2 is 1.88 bits per heavy atom. The largest absolute Gasteiger partial charge is 0.293 e. The molecule has 0 amide bonds. The topological polar surface area (TPSA) is 23.9 Å². The highest BCUT2D eigenvalue weighted by Crippen LogP contribution is 2.27. The number of benzene rings is 1. The minimum absolute atomic E-state index is 0.633. The Morgan fingerprint density at radius 3 is 2.65 bits per heavy atom. The lowest BCUT2D eigenvalue weighted by molar-refractivity contribution is 1.18. The van der Waals surface area contributed by atoms with Crippen LogP contribution in [-0.4, -0.2) is 5.04 Å². The maximum Gasteiger partial charge on any atom is 0.0946 e.